The highest BCUT2D eigenvalue weighted by atomic mass is 79.9. The molecule has 5 heteroatoms. The van der Waals surface area contributed by atoms with Gasteiger partial charge in [-0.25, -0.2) is 0 Å². The first-order valence-electron chi connectivity index (χ1n) is 6.54. The third-order valence-corrected chi connectivity index (χ3v) is 6.41. The standard InChI is InChI=1S/C16H17Br2O2P/c1-16(2,3)20-21(19,14-8-4-6-12(17)10-14)15-9-5-7-13(18)11-15/h4-11H,1-3H3. The van der Waals surface area contributed by atoms with Gasteiger partial charge in [-0.05, 0) is 57.2 Å². The summed E-state index contributed by atoms with van der Waals surface area (Å²) in [5, 5.41) is 1.37. The fraction of sp³-hybridized carbons (Fsp3) is 0.250. The lowest BCUT2D eigenvalue weighted by molar-refractivity contribution is 0.141. The molecule has 0 heterocycles. The molecule has 2 nitrogen and oxygen atoms in total. The fourth-order valence-electron chi connectivity index (χ4n) is 1.96. The Labute approximate surface area is 142 Å². The SMILES string of the molecule is CC(C)(C)OP(=O)(c1cccc(Br)c1)c1cccc(Br)c1. The van der Waals surface area contributed by atoms with E-state index in [-0.39, 0.29) is 0 Å². The van der Waals surface area contributed by atoms with Gasteiger partial charge in [-0.2, -0.15) is 0 Å². The summed E-state index contributed by atoms with van der Waals surface area (Å²) in [6.07, 6.45) is 0. The van der Waals surface area contributed by atoms with Crippen LogP contribution >= 0.6 is 39.2 Å². The summed E-state index contributed by atoms with van der Waals surface area (Å²) in [5.74, 6) is 0. The van der Waals surface area contributed by atoms with Crippen LogP contribution in [-0.4, -0.2) is 5.60 Å². The average Bonchev–Trinajstić information content (AvgIpc) is 2.36. The molecule has 21 heavy (non-hydrogen) atoms. The molecule has 0 unspecified atom stereocenters. The molecular weight excluding hydrogens is 415 g/mol. The van der Waals surface area contributed by atoms with E-state index in [0.29, 0.717) is 10.6 Å². The molecule has 0 atom stereocenters. The third-order valence-electron chi connectivity index (χ3n) is 2.70. The Morgan fingerprint density at radius 2 is 1.33 bits per heavy atom. The van der Waals surface area contributed by atoms with Crippen LogP contribution in [0.5, 0.6) is 0 Å². The largest absolute Gasteiger partial charge is 0.316 e. The van der Waals surface area contributed by atoms with Crippen LogP contribution < -0.4 is 10.6 Å². The minimum absolute atomic E-state index is 0.514. The summed E-state index contributed by atoms with van der Waals surface area (Å²) < 4.78 is 21.5. The quantitative estimate of drug-likeness (QED) is 0.620. The van der Waals surface area contributed by atoms with Gasteiger partial charge >= 0.3 is 0 Å². The van der Waals surface area contributed by atoms with Crippen molar-refractivity contribution in [1.29, 1.82) is 0 Å². The second kappa shape index (κ2) is 6.37. The van der Waals surface area contributed by atoms with Gasteiger partial charge in [0.25, 0.3) is 7.37 Å². The molecule has 0 N–H and O–H groups in total. The van der Waals surface area contributed by atoms with Crippen molar-refractivity contribution >= 4 is 49.8 Å². The predicted molar refractivity (Wildman–Crippen MR) is 96.0 cm³/mol. The smallest absolute Gasteiger partial charge is 0.261 e. The van der Waals surface area contributed by atoms with Crippen molar-refractivity contribution in [3.05, 3.63) is 57.5 Å². The van der Waals surface area contributed by atoms with Gasteiger partial charge in [0.15, 0.2) is 0 Å². The molecule has 0 amide bonds. The minimum atomic E-state index is -3.16. The molecule has 112 valence electrons. The van der Waals surface area contributed by atoms with Crippen molar-refractivity contribution in [2.75, 3.05) is 0 Å². The molecule has 0 saturated heterocycles. The normalized spacial score (nSPS) is 12.4. The van der Waals surface area contributed by atoms with Crippen LogP contribution in [0.4, 0.5) is 0 Å². The van der Waals surface area contributed by atoms with Gasteiger partial charge in [-0.15, -0.1) is 0 Å². The molecular formula is C16H17Br2O2P. The Bertz CT molecular complexity index is 643. The molecule has 0 aromatic heterocycles. The van der Waals surface area contributed by atoms with Crippen LogP contribution in [0.15, 0.2) is 57.5 Å². The van der Waals surface area contributed by atoms with Crippen molar-refractivity contribution in [2.24, 2.45) is 0 Å². The van der Waals surface area contributed by atoms with E-state index in [1.807, 2.05) is 69.3 Å². The number of hydrogen-bond donors (Lipinski definition) is 0. The maximum absolute atomic E-state index is 13.7. The van der Waals surface area contributed by atoms with Crippen LogP contribution in [0.2, 0.25) is 0 Å². The van der Waals surface area contributed by atoms with E-state index in [1.54, 1.807) is 0 Å². The Balaban J connectivity index is 2.62. The fourth-order valence-corrected chi connectivity index (χ4v) is 5.57. The Kier molecular flexibility index (Phi) is 5.15. The Morgan fingerprint density at radius 3 is 1.67 bits per heavy atom. The summed E-state index contributed by atoms with van der Waals surface area (Å²) in [5.41, 5.74) is -0.514. The topological polar surface area (TPSA) is 26.3 Å². The van der Waals surface area contributed by atoms with Crippen LogP contribution in [0.25, 0.3) is 0 Å². The van der Waals surface area contributed by atoms with Crippen molar-refractivity contribution in [3.63, 3.8) is 0 Å². The van der Waals surface area contributed by atoms with Crippen LogP contribution in [0.3, 0.4) is 0 Å². The van der Waals surface area contributed by atoms with E-state index in [1.165, 1.54) is 0 Å². The molecule has 0 fully saturated rings. The molecule has 0 aliphatic heterocycles. The summed E-state index contributed by atoms with van der Waals surface area (Å²) in [7, 11) is -3.16. The molecule has 2 aromatic rings. The molecule has 0 spiro atoms. The lowest BCUT2D eigenvalue weighted by Gasteiger charge is -2.28. The first-order valence-corrected chi connectivity index (χ1v) is 9.75. The van der Waals surface area contributed by atoms with E-state index < -0.39 is 13.0 Å². The molecule has 0 saturated carbocycles. The molecule has 0 radical (unpaired) electrons. The van der Waals surface area contributed by atoms with E-state index in [9.17, 15) is 4.57 Å². The molecule has 0 bridgehead atoms. The van der Waals surface area contributed by atoms with Gasteiger partial charge in [-0.3, -0.25) is 4.57 Å². The van der Waals surface area contributed by atoms with Crippen LogP contribution in [-0.2, 0) is 9.09 Å². The lowest BCUT2D eigenvalue weighted by Crippen LogP contribution is -2.27. The van der Waals surface area contributed by atoms with E-state index in [0.717, 1.165) is 8.95 Å². The maximum atomic E-state index is 13.7. The maximum Gasteiger partial charge on any atom is 0.261 e. The zero-order chi connectivity index (χ0) is 15.7. The van der Waals surface area contributed by atoms with Gasteiger partial charge in [-0.1, -0.05) is 44.0 Å². The zero-order valence-electron chi connectivity index (χ0n) is 12.1. The van der Waals surface area contributed by atoms with E-state index >= 15 is 0 Å². The van der Waals surface area contributed by atoms with Gasteiger partial charge < -0.3 is 4.52 Å². The van der Waals surface area contributed by atoms with Crippen molar-refractivity contribution in [3.8, 4) is 0 Å². The van der Waals surface area contributed by atoms with Gasteiger partial charge in [0, 0.05) is 19.6 Å². The number of rotatable bonds is 3. The van der Waals surface area contributed by atoms with E-state index in [4.69, 9.17) is 4.52 Å². The Hall–Kier alpha value is -0.410. The predicted octanol–water partition coefficient (Wildman–Crippen LogP) is 5.26. The molecule has 0 aliphatic rings. The lowest BCUT2D eigenvalue weighted by atomic mass is 10.2. The minimum Gasteiger partial charge on any atom is -0.316 e. The third kappa shape index (κ3) is 4.29. The number of benzene rings is 2. The van der Waals surface area contributed by atoms with E-state index in [2.05, 4.69) is 31.9 Å². The van der Waals surface area contributed by atoms with Gasteiger partial charge in [0.1, 0.15) is 0 Å². The highest BCUT2D eigenvalue weighted by Gasteiger charge is 2.33. The highest BCUT2D eigenvalue weighted by molar-refractivity contribution is 9.10. The first kappa shape index (κ1) is 17.0. The van der Waals surface area contributed by atoms with Crippen molar-refractivity contribution in [2.45, 2.75) is 26.4 Å². The summed E-state index contributed by atoms with van der Waals surface area (Å²) >= 11 is 6.87. The first-order chi connectivity index (χ1) is 9.71. The number of hydrogen-bond acceptors (Lipinski definition) is 2. The second-order valence-corrected chi connectivity index (χ2v) is 9.86. The van der Waals surface area contributed by atoms with Gasteiger partial charge in [0.05, 0.1) is 5.60 Å². The summed E-state index contributed by atoms with van der Waals surface area (Å²) in [6, 6.07) is 15.0. The van der Waals surface area contributed by atoms with Crippen LogP contribution in [0.1, 0.15) is 20.8 Å². The Morgan fingerprint density at radius 1 is 0.905 bits per heavy atom. The second-order valence-electron chi connectivity index (χ2n) is 5.71. The molecule has 2 rings (SSSR count). The highest BCUT2D eigenvalue weighted by Crippen LogP contribution is 2.48. The van der Waals surface area contributed by atoms with Crippen molar-refractivity contribution in [1.82, 2.24) is 0 Å². The van der Waals surface area contributed by atoms with Crippen LogP contribution in [0, 0.1) is 0 Å². The van der Waals surface area contributed by atoms with Gasteiger partial charge in [0.2, 0.25) is 0 Å². The molecule has 0 aliphatic carbocycles. The van der Waals surface area contributed by atoms with Crippen molar-refractivity contribution < 1.29 is 9.09 Å². The monoisotopic (exact) mass is 430 g/mol. The zero-order valence-corrected chi connectivity index (χ0v) is 16.2. The summed E-state index contributed by atoms with van der Waals surface area (Å²) in [6.45, 7) is 5.74. The molecule has 2 aromatic carbocycles. The summed E-state index contributed by atoms with van der Waals surface area (Å²) in [4.78, 5) is 0. The number of halogens is 2. The average molecular weight is 432 g/mol.